The first-order chi connectivity index (χ1) is 26.5. The highest BCUT2D eigenvalue weighted by atomic mass is 16.3. The van der Waals surface area contributed by atoms with Gasteiger partial charge in [0.25, 0.3) is 0 Å². The topological polar surface area (TPSA) is 58.6 Å². The zero-order chi connectivity index (χ0) is 39.6. The van der Waals surface area contributed by atoms with Crippen LogP contribution in [0, 0.1) is 0 Å². The molecule has 0 aliphatic rings. The Hall–Kier alpha value is -6.00. The van der Waals surface area contributed by atoms with E-state index in [0.717, 1.165) is 55.4 Å². The largest absolute Gasteiger partial charge is 0.507 e. The maximum Gasteiger partial charge on any atom is 0.229 e. The molecule has 4 heteroatoms. The van der Waals surface area contributed by atoms with Crippen molar-refractivity contribution in [2.45, 2.75) is 78.6 Å². The molecule has 280 valence electrons. The number of aromatic hydroxyl groups is 1. The van der Waals surface area contributed by atoms with E-state index in [2.05, 4.69) is 172 Å². The van der Waals surface area contributed by atoms with E-state index in [1.54, 1.807) is 6.21 Å². The molecule has 7 aromatic carbocycles. The predicted molar refractivity (Wildman–Crippen MR) is 237 cm³/mol. The summed E-state index contributed by atoms with van der Waals surface area (Å²) >= 11 is 0. The molecule has 0 fully saturated rings. The van der Waals surface area contributed by atoms with Crippen LogP contribution in [0.2, 0.25) is 0 Å². The molecule has 8 aromatic rings. The van der Waals surface area contributed by atoms with E-state index in [4.69, 9.17) is 14.4 Å². The van der Waals surface area contributed by atoms with Gasteiger partial charge in [-0.25, -0.2) is 4.98 Å². The Balaban J connectivity index is 1.29. The SMILES string of the molecule is CC(C)(C)c1cc(C=Nc2c(-c3nc4c(-c5ccc6cc(-c7ccccc7)ccc6c5)cc(C(C)(C)C)cc4o3)ccc3ccccc23)c(O)c(C(C)(C)C)c1. The molecule has 1 heterocycles. The number of phenols is 1. The fourth-order valence-electron chi connectivity index (χ4n) is 7.48. The number of nitrogens with zero attached hydrogens (tertiary/aromatic N) is 2. The van der Waals surface area contributed by atoms with Crippen LogP contribution in [0.5, 0.6) is 5.75 Å². The summed E-state index contributed by atoms with van der Waals surface area (Å²) in [4.78, 5) is 10.4. The minimum absolute atomic E-state index is 0.112. The van der Waals surface area contributed by atoms with Crippen molar-refractivity contribution in [1.29, 1.82) is 0 Å². The van der Waals surface area contributed by atoms with Crippen molar-refractivity contribution >= 4 is 44.5 Å². The van der Waals surface area contributed by atoms with Crippen molar-refractivity contribution in [2.75, 3.05) is 0 Å². The number of fused-ring (bicyclic) bond motifs is 3. The van der Waals surface area contributed by atoms with Crippen LogP contribution in [0.1, 0.15) is 84.6 Å². The van der Waals surface area contributed by atoms with Crippen molar-refractivity contribution < 1.29 is 9.52 Å². The van der Waals surface area contributed by atoms with Crippen LogP contribution >= 0.6 is 0 Å². The second-order valence-corrected chi connectivity index (χ2v) is 18.2. The first-order valence-corrected chi connectivity index (χ1v) is 19.5. The molecule has 0 saturated heterocycles. The van der Waals surface area contributed by atoms with Crippen LogP contribution in [-0.4, -0.2) is 16.3 Å². The third-order valence-electron chi connectivity index (χ3n) is 10.9. The van der Waals surface area contributed by atoms with Gasteiger partial charge >= 0.3 is 0 Å². The van der Waals surface area contributed by atoms with Gasteiger partial charge in [-0.15, -0.1) is 0 Å². The van der Waals surface area contributed by atoms with E-state index < -0.39 is 0 Å². The van der Waals surface area contributed by atoms with E-state index in [9.17, 15) is 5.11 Å². The summed E-state index contributed by atoms with van der Waals surface area (Å²) in [7, 11) is 0. The zero-order valence-corrected chi connectivity index (χ0v) is 34.0. The van der Waals surface area contributed by atoms with Crippen LogP contribution < -0.4 is 0 Å². The van der Waals surface area contributed by atoms with Gasteiger partial charge in [0.05, 0.1) is 11.3 Å². The van der Waals surface area contributed by atoms with Crippen LogP contribution in [-0.2, 0) is 16.2 Å². The maximum atomic E-state index is 11.6. The zero-order valence-electron chi connectivity index (χ0n) is 34.0. The lowest BCUT2D eigenvalue weighted by Crippen LogP contribution is -2.17. The van der Waals surface area contributed by atoms with Crippen LogP contribution in [0.25, 0.3) is 66.4 Å². The van der Waals surface area contributed by atoms with Gasteiger partial charge in [-0.05, 0) is 96.6 Å². The summed E-state index contributed by atoms with van der Waals surface area (Å²) in [6.45, 7) is 19.7. The predicted octanol–water partition coefficient (Wildman–Crippen LogP) is 14.5. The molecule has 0 bridgehead atoms. The third kappa shape index (κ3) is 7.01. The summed E-state index contributed by atoms with van der Waals surface area (Å²) in [5.74, 6) is 0.755. The van der Waals surface area contributed by atoms with Crippen LogP contribution in [0.15, 0.2) is 137 Å². The molecule has 56 heavy (non-hydrogen) atoms. The Morgan fingerprint density at radius 1 is 0.554 bits per heavy atom. The van der Waals surface area contributed by atoms with Gasteiger partial charge in [-0.1, -0.05) is 153 Å². The van der Waals surface area contributed by atoms with E-state index in [1.807, 2.05) is 18.2 Å². The third-order valence-corrected chi connectivity index (χ3v) is 10.9. The van der Waals surface area contributed by atoms with Gasteiger partial charge in [-0.2, -0.15) is 0 Å². The average Bonchev–Trinajstić information content (AvgIpc) is 3.60. The first kappa shape index (κ1) is 36.9. The number of hydrogen-bond donors (Lipinski definition) is 1. The molecule has 0 spiro atoms. The highest BCUT2D eigenvalue weighted by Gasteiger charge is 2.26. The van der Waals surface area contributed by atoms with Gasteiger partial charge < -0.3 is 9.52 Å². The molecule has 4 nitrogen and oxygen atoms in total. The van der Waals surface area contributed by atoms with Gasteiger partial charge in [-0.3, -0.25) is 4.99 Å². The van der Waals surface area contributed by atoms with E-state index in [1.165, 1.54) is 27.5 Å². The summed E-state index contributed by atoms with van der Waals surface area (Å²) in [5, 5.41) is 16.0. The van der Waals surface area contributed by atoms with E-state index in [0.29, 0.717) is 11.5 Å². The summed E-state index contributed by atoms with van der Waals surface area (Å²) in [6.07, 6.45) is 1.80. The highest BCUT2D eigenvalue weighted by molar-refractivity contribution is 6.03. The highest BCUT2D eigenvalue weighted by Crippen LogP contribution is 2.43. The molecule has 1 aromatic heterocycles. The van der Waals surface area contributed by atoms with E-state index >= 15 is 0 Å². The normalized spacial score (nSPS) is 12.7. The maximum absolute atomic E-state index is 11.6. The Morgan fingerprint density at radius 2 is 1.18 bits per heavy atom. The Morgan fingerprint density at radius 3 is 1.88 bits per heavy atom. The number of hydrogen-bond acceptors (Lipinski definition) is 4. The second-order valence-electron chi connectivity index (χ2n) is 18.2. The summed E-state index contributed by atoms with van der Waals surface area (Å²) in [5.41, 5.74) is 11.0. The number of aliphatic imine (C=N–C) groups is 1. The number of phenolic OH excluding ortho intramolecular Hbond substituents is 1. The molecule has 0 atom stereocenters. The molecule has 0 aliphatic carbocycles. The molecular weight excluding hydrogens is 685 g/mol. The molecule has 1 N–H and O–H groups in total. The lowest BCUT2D eigenvalue weighted by Gasteiger charge is -2.27. The summed E-state index contributed by atoms with van der Waals surface area (Å²) < 4.78 is 6.76. The number of rotatable bonds is 5. The van der Waals surface area contributed by atoms with Gasteiger partial charge in [0.15, 0.2) is 5.58 Å². The fraction of sp³-hybridized carbons (Fsp3) is 0.231. The minimum Gasteiger partial charge on any atom is -0.507 e. The molecular formula is C52H50N2O2. The standard InChI is InChI=1S/C52H50N2O2/c1-50(2,3)39-27-38(48(55)44(29-39)52(7,8)9)31-53-46-41-18-14-13-17-33(41)23-24-42(46)49-54-47-43(28-40(51(4,5)6)30-45(47)56-49)37-22-21-35-25-34(19-20-36(35)26-37)32-15-11-10-12-16-32/h10-31,55H,1-9H3. The fourth-order valence-corrected chi connectivity index (χ4v) is 7.48. The quantitative estimate of drug-likeness (QED) is 0.179. The Bertz CT molecular complexity index is 2800. The van der Waals surface area contributed by atoms with Crippen molar-refractivity contribution in [3.8, 4) is 39.5 Å². The van der Waals surface area contributed by atoms with Crippen LogP contribution in [0.4, 0.5) is 5.69 Å². The van der Waals surface area contributed by atoms with E-state index in [-0.39, 0.29) is 22.0 Å². The lowest BCUT2D eigenvalue weighted by molar-refractivity contribution is 0.444. The lowest BCUT2D eigenvalue weighted by atomic mass is 9.79. The van der Waals surface area contributed by atoms with Crippen molar-refractivity contribution in [1.82, 2.24) is 4.98 Å². The van der Waals surface area contributed by atoms with Gasteiger partial charge in [0.1, 0.15) is 11.3 Å². The van der Waals surface area contributed by atoms with Crippen molar-refractivity contribution in [3.63, 3.8) is 0 Å². The smallest absolute Gasteiger partial charge is 0.229 e. The monoisotopic (exact) mass is 734 g/mol. The molecule has 0 radical (unpaired) electrons. The number of oxazole rings is 1. The van der Waals surface area contributed by atoms with Gasteiger partial charge in [0.2, 0.25) is 5.89 Å². The summed E-state index contributed by atoms with van der Waals surface area (Å²) in [6, 6.07) is 44.8. The average molecular weight is 735 g/mol. The van der Waals surface area contributed by atoms with Crippen molar-refractivity contribution in [2.24, 2.45) is 4.99 Å². The molecule has 0 unspecified atom stereocenters. The molecule has 0 aliphatic heterocycles. The second kappa shape index (κ2) is 13.6. The Kier molecular flexibility index (Phi) is 9.00. The number of aromatic nitrogens is 1. The van der Waals surface area contributed by atoms with Crippen molar-refractivity contribution in [3.05, 3.63) is 150 Å². The van der Waals surface area contributed by atoms with Gasteiger partial charge in [0, 0.05) is 28.3 Å². The molecule has 8 rings (SSSR count). The van der Waals surface area contributed by atoms with Crippen LogP contribution in [0.3, 0.4) is 0 Å². The number of benzene rings is 7. The first-order valence-electron chi connectivity index (χ1n) is 19.5. The Labute approximate surface area is 330 Å². The molecule has 0 amide bonds. The minimum atomic E-state index is -0.253. The molecule has 0 saturated carbocycles.